The molecule has 2 fully saturated rings. The van der Waals surface area contributed by atoms with Crippen LogP contribution in [0.5, 0.6) is 0 Å². The van der Waals surface area contributed by atoms with E-state index in [9.17, 15) is 0 Å². The first-order chi connectivity index (χ1) is 8.63. The highest BCUT2D eigenvalue weighted by Gasteiger charge is 2.40. The van der Waals surface area contributed by atoms with E-state index in [-0.39, 0.29) is 12.4 Å². The van der Waals surface area contributed by atoms with E-state index in [2.05, 4.69) is 30.0 Å². The second kappa shape index (κ2) is 5.81. The molecule has 1 aromatic rings. The summed E-state index contributed by atoms with van der Waals surface area (Å²) in [5, 5.41) is 4.41. The van der Waals surface area contributed by atoms with Gasteiger partial charge in [-0.2, -0.15) is 5.10 Å². The second-order valence-corrected chi connectivity index (χ2v) is 6.28. The van der Waals surface area contributed by atoms with Gasteiger partial charge in [0.2, 0.25) is 0 Å². The highest BCUT2D eigenvalue weighted by atomic mass is 35.5. The second-order valence-electron chi connectivity index (χ2n) is 6.28. The predicted octanol–water partition coefficient (Wildman–Crippen LogP) is 2.05. The van der Waals surface area contributed by atoms with Crippen molar-refractivity contribution in [2.75, 3.05) is 13.1 Å². The van der Waals surface area contributed by atoms with Crippen molar-refractivity contribution in [1.82, 2.24) is 14.7 Å². The molecule has 3 unspecified atom stereocenters. The summed E-state index contributed by atoms with van der Waals surface area (Å²) < 4.78 is 2.04. The van der Waals surface area contributed by atoms with E-state index in [0.717, 1.165) is 18.4 Å². The number of aromatic nitrogens is 2. The highest BCUT2D eigenvalue weighted by molar-refractivity contribution is 5.85. The standard InChI is InChI=1S/C14H24N4.ClH/c1-10(2)18-7-11(5-16-18)6-17-8-12-3-4-14(15)13(12)9-17;/h5,7,10,12-14H,3-4,6,8-9,15H2,1-2H3;1H. The molecule has 2 N–H and O–H groups in total. The molecule has 108 valence electrons. The van der Waals surface area contributed by atoms with Crippen LogP contribution in [-0.2, 0) is 6.54 Å². The highest BCUT2D eigenvalue weighted by Crippen LogP contribution is 2.37. The summed E-state index contributed by atoms with van der Waals surface area (Å²) in [4.78, 5) is 2.55. The molecule has 0 spiro atoms. The number of fused-ring (bicyclic) bond motifs is 1. The molecule has 0 radical (unpaired) electrons. The van der Waals surface area contributed by atoms with Crippen molar-refractivity contribution < 1.29 is 0 Å². The summed E-state index contributed by atoms with van der Waals surface area (Å²) in [7, 11) is 0. The van der Waals surface area contributed by atoms with Crippen LogP contribution >= 0.6 is 12.4 Å². The van der Waals surface area contributed by atoms with Crippen molar-refractivity contribution in [1.29, 1.82) is 0 Å². The summed E-state index contributed by atoms with van der Waals surface area (Å²) in [6.45, 7) is 7.77. The third kappa shape index (κ3) is 2.96. The molecule has 2 aliphatic rings. The Morgan fingerprint density at radius 2 is 2.16 bits per heavy atom. The molecule has 5 heteroatoms. The number of hydrogen-bond acceptors (Lipinski definition) is 3. The molecule has 19 heavy (non-hydrogen) atoms. The maximum absolute atomic E-state index is 6.18. The third-order valence-corrected chi connectivity index (χ3v) is 4.58. The zero-order valence-electron chi connectivity index (χ0n) is 11.8. The average Bonchev–Trinajstić information content (AvgIpc) is 2.98. The van der Waals surface area contributed by atoms with Crippen molar-refractivity contribution in [2.45, 2.75) is 45.3 Å². The van der Waals surface area contributed by atoms with Crippen molar-refractivity contribution in [3.63, 3.8) is 0 Å². The molecule has 3 rings (SSSR count). The molecule has 1 aromatic heterocycles. The van der Waals surface area contributed by atoms with E-state index in [1.807, 2.05) is 10.9 Å². The van der Waals surface area contributed by atoms with Crippen molar-refractivity contribution in [3.05, 3.63) is 18.0 Å². The number of nitrogens with zero attached hydrogens (tertiary/aromatic N) is 3. The van der Waals surface area contributed by atoms with Gasteiger partial charge in [0.15, 0.2) is 0 Å². The van der Waals surface area contributed by atoms with Gasteiger partial charge in [-0.05, 0) is 38.5 Å². The van der Waals surface area contributed by atoms with Crippen LogP contribution in [0.1, 0.15) is 38.3 Å². The molecular weight excluding hydrogens is 260 g/mol. The van der Waals surface area contributed by atoms with E-state index in [4.69, 9.17) is 5.73 Å². The van der Waals surface area contributed by atoms with Gasteiger partial charge in [-0.15, -0.1) is 12.4 Å². The van der Waals surface area contributed by atoms with Crippen molar-refractivity contribution in [3.8, 4) is 0 Å². The third-order valence-electron chi connectivity index (χ3n) is 4.58. The average molecular weight is 285 g/mol. The van der Waals surface area contributed by atoms with Gasteiger partial charge in [-0.3, -0.25) is 9.58 Å². The van der Waals surface area contributed by atoms with Gasteiger partial charge in [-0.1, -0.05) is 0 Å². The van der Waals surface area contributed by atoms with Crippen LogP contribution in [0.3, 0.4) is 0 Å². The molecule has 1 aliphatic carbocycles. The Bertz CT molecular complexity index is 417. The van der Waals surface area contributed by atoms with E-state index < -0.39 is 0 Å². The van der Waals surface area contributed by atoms with Gasteiger partial charge in [0.05, 0.1) is 6.20 Å². The van der Waals surface area contributed by atoms with Gasteiger partial charge < -0.3 is 5.73 Å². The summed E-state index contributed by atoms with van der Waals surface area (Å²) >= 11 is 0. The molecular formula is C14H25ClN4. The quantitative estimate of drug-likeness (QED) is 0.924. The normalized spacial score (nSPS) is 30.6. The minimum absolute atomic E-state index is 0. The van der Waals surface area contributed by atoms with Gasteiger partial charge in [0.25, 0.3) is 0 Å². The van der Waals surface area contributed by atoms with E-state index in [1.165, 1.54) is 31.5 Å². The Hall–Kier alpha value is -0.580. The van der Waals surface area contributed by atoms with Crippen LogP contribution in [0.15, 0.2) is 12.4 Å². The van der Waals surface area contributed by atoms with Crippen LogP contribution in [0.25, 0.3) is 0 Å². The predicted molar refractivity (Wildman–Crippen MR) is 79.3 cm³/mol. The minimum Gasteiger partial charge on any atom is -0.327 e. The Labute approximate surface area is 121 Å². The van der Waals surface area contributed by atoms with Crippen molar-refractivity contribution >= 4 is 12.4 Å². The lowest BCUT2D eigenvalue weighted by molar-refractivity contribution is 0.298. The van der Waals surface area contributed by atoms with Crippen molar-refractivity contribution in [2.24, 2.45) is 17.6 Å². The first-order valence-electron chi connectivity index (χ1n) is 7.14. The lowest BCUT2D eigenvalue weighted by atomic mass is 9.98. The monoisotopic (exact) mass is 284 g/mol. The molecule has 3 atom stereocenters. The fourth-order valence-electron chi connectivity index (χ4n) is 3.53. The number of rotatable bonds is 3. The molecule has 0 aromatic carbocycles. The summed E-state index contributed by atoms with van der Waals surface area (Å²) in [6.07, 6.45) is 6.74. The zero-order chi connectivity index (χ0) is 12.7. The Morgan fingerprint density at radius 1 is 1.37 bits per heavy atom. The first kappa shape index (κ1) is 14.8. The van der Waals surface area contributed by atoms with E-state index >= 15 is 0 Å². The molecule has 4 nitrogen and oxygen atoms in total. The number of halogens is 1. The molecule has 1 aliphatic heterocycles. The van der Waals surface area contributed by atoms with Crippen LogP contribution in [0.4, 0.5) is 0 Å². The maximum Gasteiger partial charge on any atom is 0.0534 e. The number of nitrogens with two attached hydrogens (primary N) is 1. The summed E-state index contributed by atoms with van der Waals surface area (Å²) in [5.41, 5.74) is 7.51. The first-order valence-corrected chi connectivity index (χ1v) is 7.14. The number of hydrogen-bond donors (Lipinski definition) is 1. The van der Waals surface area contributed by atoms with E-state index in [1.54, 1.807) is 0 Å². The minimum atomic E-state index is 0. The van der Waals surface area contributed by atoms with Gasteiger partial charge in [0, 0.05) is 43.5 Å². The van der Waals surface area contributed by atoms with Crippen LogP contribution in [0, 0.1) is 11.8 Å². The smallest absolute Gasteiger partial charge is 0.0534 e. The summed E-state index contributed by atoms with van der Waals surface area (Å²) in [5.74, 6) is 1.59. The topological polar surface area (TPSA) is 47.1 Å². The number of likely N-dealkylation sites (tertiary alicyclic amines) is 1. The summed E-state index contributed by atoms with van der Waals surface area (Å²) in [6, 6.07) is 0.892. The van der Waals surface area contributed by atoms with Crippen LogP contribution in [-0.4, -0.2) is 33.8 Å². The lowest BCUT2D eigenvalue weighted by Gasteiger charge is -2.17. The van der Waals surface area contributed by atoms with E-state index in [0.29, 0.717) is 12.1 Å². The lowest BCUT2D eigenvalue weighted by Crippen LogP contribution is -2.30. The molecule has 2 heterocycles. The molecule has 1 saturated carbocycles. The Kier molecular flexibility index (Phi) is 4.54. The molecule has 1 saturated heterocycles. The SMILES string of the molecule is CC(C)n1cc(CN2CC3CCC(N)C3C2)cn1.Cl. The fourth-order valence-corrected chi connectivity index (χ4v) is 3.53. The largest absolute Gasteiger partial charge is 0.327 e. The zero-order valence-corrected chi connectivity index (χ0v) is 12.6. The van der Waals surface area contributed by atoms with Gasteiger partial charge in [0.1, 0.15) is 0 Å². The molecule has 0 amide bonds. The van der Waals surface area contributed by atoms with Gasteiger partial charge >= 0.3 is 0 Å². The molecule has 0 bridgehead atoms. The Morgan fingerprint density at radius 3 is 2.79 bits per heavy atom. The Balaban J connectivity index is 0.00000133. The maximum atomic E-state index is 6.18. The van der Waals surface area contributed by atoms with Crippen LogP contribution in [0.2, 0.25) is 0 Å². The fraction of sp³-hybridized carbons (Fsp3) is 0.786. The van der Waals surface area contributed by atoms with Crippen LogP contribution < -0.4 is 5.73 Å². The van der Waals surface area contributed by atoms with Gasteiger partial charge in [-0.25, -0.2) is 0 Å².